The van der Waals surface area contributed by atoms with E-state index in [1.54, 1.807) is 0 Å². The topological polar surface area (TPSA) is 47.7 Å². The Bertz CT molecular complexity index is 718. The second-order valence-corrected chi connectivity index (χ2v) is 6.66. The molecule has 0 bridgehead atoms. The van der Waals surface area contributed by atoms with E-state index < -0.39 is 5.60 Å². The first-order valence-electron chi connectivity index (χ1n) is 8.56. The molecule has 134 valence electrons. The lowest BCUT2D eigenvalue weighted by molar-refractivity contribution is -0.0140. The van der Waals surface area contributed by atoms with Crippen molar-refractivity contribution in [3.63, 3.8) is 0 Å². The third-order valence-electron chi connectivity index (χ3n) is 4.68. The Labute approximate surface area is 148 Å². The van der Waals surface area contributed by atoms with Crippen LogP contribution in [0.3, 0.4) is 0 Å². The van der Waals surface area contributed by atoms with Gasteiger partial charge in [-0.1, -0.05) is 18.2 Å². The van der Waals surface area contributed by atoms with Crippen molar-refractivity contribution < 1.29 is 13.9 Å². The summed E-state index contributed by atoms with van der Waals surface area (Å²) in [6.45, 7) is 1.62. The quantitative estimate of drug-likeness (QED) is 0.784. The van der Waals surface area contributed by atoms with Gasteiger partial charge in [0, 0.05) is 0 Å². The fourth-order valence-corrected chi connectivity index (χ4v) is 3.50. The van der Waals surface area contributed by atoms with Crippen molar-refractivity contribution in [3.8, 4) is 5.75 Å². The van der Waals surface area contributed by atoms with Crippen molar-refractivity contribution in [1.29, 1.82) is 0 Å². The standard InChI is InChI=1S/C20H25FN2O2/c1-23(2)11-3-10-20(16-4-6-17(21)7-5-16)19-9-8-18(24-14-22)12-15(19)13-25-20/h4-9,12H,3,10-11,13-14,22H2,1-2H3. The fourth-order valence-electron chi connectivity index (χ4n) is 3.50. The summed E-state index contributed by atoms with van der Waals surface area (Å²) >= 11 is 0. The van der Waals surface area contributed by atoms with Crippen LogP contribution in [0.5, 0.6) is 5.75 Å². The van der Waals surface area contributed by atoms with Crippen LogP contribution in [0.1, 0.15) is 29.5 Å². The molecule has 0 aromatic heterocycles. The molecule has 0 spiro atoms. The molecule has 1 aliphatic rings. The van der Waals surface area contributed by atoms with Crippen molar-refractivity contribution in [2.75, 3.05) is 27.4 Å². The molecule has 1 aliphatic heterocycles. The molecule has 2 N–H and O–H groups in total. The first-order chi connectivity index (χ1) is 12.0. The lowest BCUT2D eigenvalue weighted by atomic mass is 9.82. The van der Waals surface area contributed by atoms with E-state index in [1.807, 2.05) is 30.3 Å². The van der Waals surface area contributed by atoms with Gasteiger partial charge in [-0.25, -0.2) is 4.39 Å². The summed E-state index contributed by atoms with van der Waals surface area (Å²) in [7, 11) is 4.12. The minimum absolute atomic E-state index is 0.144. The second-order valence-electron chi connectivity index (χ2n) is 6.66. The Morgan fingerprint density at radius 3 is 2.64 bits per heavy atom. The molecule has 0 saturated heterocycles. The van der Waals surface area contributed by atoms with E-state index in [0.717, 1.165) is 41.8 Å². The molecule has 1 unspecified atom stereocenters. The predicted octanol–water partition coefficient (Wildman–Crippen LogP) is 3.24. The third-order valence-corrected chi connectivity index (χ3v) is 4.68. The van der Waals surface area contributed by atoms with E-state index in [4.69, 9.17) is 15.2 Å². The highest BCUT2D eigenvalue weighted by atomic mass is 19.1. The molecule has 5 heteroatoms. The zero-order chi connectivity index (χ0) is 17.9. The molecule has 4 nitrogen and oxygen atoms in total. The molecule has 0 fully saturated rings. The summed E-state index contributed by atoms with van der Waals surface area (Å²) in [4.78, 5) is 2.16. The molecular weight excluding hydrogens is 319 g/mol. The van der Waals surface area contributed by atoms with Gasteiger partial charge in [0.2, 0.25) is 0 Å². The first-order valence-corrected chi connectivity index (χ1v) is 8.56. The normalized spacial score (nSPS) is 19.2. The Morgan fingerprint density at radius 1 is 1.20 bits per heavy atom. The van der Waals surface area contributed by atoms with E-state index in [2.05, 4.69) is 19.0 Å². The smallest absolute Gasteiger partial charge is 0.137 e. The van der Waals surface area contributed by atoms with Crippen LogP contribution in [-0.2, 0) is 16.9 Å². The van der Waals surface area contributed by atoms with Crippen LogP contribution in [-0.4, -0.2) is 32.3 Å². The lowest BCUT2D eigenvalue weighted by Gasteiger charge is -2.31. The van der Waals surface area contributed by atoms with Gasteiger partial charge < -0.3 is 14.4 Å². The van der Waals surface area contributed by atoms with Gasteiger partial charge in [-0.15, -0.1) is 0 Å². The minimum Gasteiger partial charge on any atom is -0.479 e. The van der Waals surface area contributed by atoms with Crippen LogP contribution in [0.4, 0.5) is 4.39 Å². The van der Waals surface area contributed by atoms with Gasteiger partial charge in [-0.05, 0) is 74.4 Å². The van der Waals surface area contributed by atoms with Crippen molar-refractivity contribution in [2.45, 2.75) is 25.0 Å². The van der Waals surface area contributed by atoms with Crippen LogP contribution in [0.25, 0.3) is 0 Å². The molecule has 3 rings (SSSR count). The van der Waals surface area contributed by atoms with E-state index >= 15 is 0 Å². The molecule has 2 aromatic carbocycles. The number of nitrogens with zero attached hydrogens (tertiary/aromatic N) is 1. The van der Waals surface area contributed by atoms with Gasteiger partial charge in [0.1, 0.15) is 23.9 Å². The minimum atomic E-state index is -0.541. The van der Waals surface area contributed by atoms with Crippen LogP contribution in [0, 0.1) is 5.82 Å². The number of rotatable bonds is 7. The Hall–Kier alpha value is -1.95. The van der Waals surface area contributed by atoms with Crippen LogP contribution in [0.2, 0.25) is 0 Å². The number of fused-ring (bicyclic) bond motifs is 1. The molecular formula is C20H25FN2O2. The lowest BCUT2D eigenvalue weighted by Crippen LogP contribution is -2.28. The maximum atomic E-state index is 13.4. The van der Waals surface area contributed by atoms with E-state index in [1.165, 1.54) is 12.1 Å². The molecule has 0 aliphatic carbocycles. The summed E-state index contributed by atoms with van der Waals surface area (Å²) < 4.78 is 25.1. The monoisotopic (exact) mass is 344 g/mol. The van der Waals surface area contributed by atoms with Gasteiger partial charge in [-0.2, -0.15) is 0 Å². The SMILES string of the molecule is CN(C)CCCC1(c2ccc(F)cc2)OCc2cc(OCN)ccc21. The van der Waals surface area contributed by atoms with Gasteiger partial charge in [0.25, 0.3) is 0 Å². The van der Waals surface area contributed by atoms with Crippen LogP contribution in [0.15, 0.2) is 42.5 Å². The van der Waals surface area contributed by atoms with Crippen LogP contribution >= 0.6 is 0 Å². The fraction of sp³-hybridized carbons (Fsp3) is 0.400. The number of hydrogen-bond acceptors (Lipinski definition) is 4. The number of nitrogens with two attached hydrogens (primary N) is 1. The summed E-state index contributed by atoms with van der Waals surface area (Å²) in [5.41, 5.74) is 8.13. The maximum absolute atomic E-state index is 13.4. The van der Waals surface area contributed by atoms with Gasteiger partial charge >= 0.3 is 0 Å². The van der Waals surface area contributed by atoms with Crippen LogP contribution < -0.4 is 10.5 Å². The molecule has 0 amide bonds. The van der Waals surface area contributed by atoms with E-state index in [0.29, 0.717) is 6.61 Å². The molecule has 1 heterocycles. The van der Waals surface area contributed by atoms with Gasteiger partial charge in [0.05, 0.1) is 6.61 Å². The molecule has 25 heavy (non-hydrogen) atoms. The number of ether oxygens (including phenoxy) is 2. The van der Waals surface area contributed by atoms with Gasteiger partial charge in [0.15, 0.2) is 0 Å². The molecule has 1 atom stereocenters. The number of halogens is 1. The average Bonchev–Trinajstić information content (AvgIpc) is 2.95. The highest BCUT2D eigenvalue weighted by Crippen LogP contribution is 2.46. The van der Waals surface area contributed by atoms with E-state index in [-0.39, 0.29) is 12.5 Å². The summed E-state index contributed by atoms with van der Waals surface area (Å²) in [6.07, 6.45) is 1.81. The van der Waals surface area contributed by atoms with E-state index in [9.17, 15) is 4.39 Å². The summed E-state index contributed by atoms with van der Waals surface area (Å²) in [5, 5.41) is 0. The Balaban J connectivity index is 1.98. The molecule has 0 radical (unpaired) electrons. The molecule has 0 saturated carbocycles. The number of benzene rings is 2. The number of hydrogen-bond donors (Lipinski definition) is 1. The Morgan fingerprint density at radius 2 is 1.96 bits per heavy atom. The van der Waals surface area contributed by atoms with Crippen molar-refractivity contribution >= 4 is 0 Å². The zero-order valence-corrected chi connectivity index (χ0v) is 14.8. The van der Waals surface area contributed by atoms with Crippen molar-refractivity contribution in [3.05, 3.63) is 65.0 Å². The third kappa shape index (κ3) is 3.68. The van der Waals surface area contributed by atoms with Crippen molar-refractivity contribution in [1.82, 2.24) is 4.90 Å². The molecule has 2 aromatic rings. The zero-order valence-electron chi connectivity index (χ0n) is 14.8. The highest BCUT2D eigenvalue weighted by Gasteiger charge is 2.41. The summed E-state index contributed by atoms with van der Waals surface area (Å²) in [6, 6.07) is 12.6. The Kier molecular flexibility index (Phi) is 5.37. The highest BCUT2D eigenvalue weighted by molar-refractivity contribution is 5.47. The van der Waals surface area contributed by atoms with Gasteiger partial charge in [-0.3, -0.25) is 5.73 Å². The summed E-state index contributed by atoms with van der Waals surface area (Å²) in [5.74, 6) is 0.505. The average molecular weight is 344 g/mol. The first kappa shape index (κ1) is 17.9. The second kappa shape index (κ2) is 7.52. The van der Waals surface area contributed by atoms with Crippen molar-refractivity contribution in [2.24, 2.45) is 5.73 Å². The largest absolute Gasteiger partial charge is 0.479 e. The predicted molar refractivity (Wildman–Crippen MR) is 95.9 cm³/mol. The maximum Gasteiger partial charge on any atom is 0.137 e.